The van der Waals surface area contributed by atoms with Gasteiger partial charge in [-0.3, -0.25) is 5.84 Å². The Morgan fingerprint density at radius 1 is 1.45 bits per heavy atom. The van der Waals surface area contributed by atoms with Gasteiger partial charge in [0, 0.05) is 16.3 Å². The summed E-state index contributed by atoms with van der Waals surface area (Å²) < 4.78 is 0. The average Bonchev–Trinajstić information content (AvgIpc) is 2.05. The van der Waals surface area contributed by atoms with Crippen LogP contribution in [0, 0.1) is 0 Å². The van der Waals surface area contributed by atoms with Crippen molar-refractivity contribution in [3.63, 3.8) is 0 Å². The van der Waals surface area contributed by atoms with Crippen molar-refractivity contribution in [2.45, 2.75) is 4.90 Å². The lowest BCUT2D eigenvalue weighted by Crippen LogP contribution is -2.06. The number of thioether (sulfide) groups is 1. The van der Waals surface area contributed by atoms with Crippen molar-refractivity contribution in [1.29, 1.82) is 0 Å². The fourth-order valence-electron chi connectivity index (χ4n) is 0.801. The number of benzene rings is 1. The van der Waals surface area contributed by atoms with Gasteiger partial charge in [-0.25, -0.2) is 0 Å². The summed E-state index contributed by atoms with van der Waals surface area (Å²) in [6.45, 7) is 0. The number of rotatable bonds is 2. The van der Waals surface area contributed by atoms with Gasteiger partial charge in [0.1, 0.15) is 0 Å². The Labute approximate surface area is 70.1 Å². The van der Waals surface area contributed by atoms with Gasteiger partial charge >= 0.3 is 0 Å². The number of nitrogens with one attached hydrogen (secondary N) is 1. The lowest BCUT2D eigenvalue weighted by Gasteiger charge is -2.04. The van der Waals surface area contributed by atoms with Gasteiger partial charge in [0.2, 0.25) is 0 Å². The van der Waals surface area contributed by atoms with E-state index in [-0.39, 0.29) is 0 Å². The molecule has 0 fully saturated rings. The van der Waals surface area contributed by atoms with Crippen LogP contribution in [0.25, 0.3) is 0 Å². The molecule has 0 aliphatic rings. The normalized spacial score (nSPS) is 9.64. The van der Waals surface area contributed by atoms with Gasteiger partial charge in [0.05, 0.1) is 0 Å². The van der Waals surface area contributed by atoms with Crippen molar-refractivity contribution in [3.8, 4) is 0 Å². The van der Waals surface area contributed by atoms with Crippen molar-refractivity contribution < 1.29 is 0 Å². The van der Waals surface area contributed by atoms with Gasteiger partial charge in [-0.05, 0) is 24.5 Å². The smallest absolute Gasteiger partial charge is 0.0497 e. The summed E-state index contributed by atoms with van der Waals surface area (Å²) in [5.74, 6) is 5.22. The second kappa shape index (κ2) is 3.50. The second-order valence-corrected chi connectivity index (χ2v) is 2.95. The molecule has 60 valence electrons. The zero-order valence-corrected chi connectivity index (χ0v) is 7.11. The molecule has 0 aromatic heterocycles. The van der Waals surface area contributed by atoms with E-state index < -0.39 is 0 Å². The summed E-state index contributed by atoms with van der Waals surface area (Å²) in [4.78, 5) is 1.04. The number of nitrogens with two attached hydrogens (primary N) is 2. The first-order valence-corrected chi connectivity index (χ1v) is 4.40. The van der Waals surface area contributed by atoms with E-state index in [9.17, 15) is 0 Å². The van der Waals surface area contributed by atoms with Gasteiger partial charge in [0.15, 0.2) is 0 Å². The fourth-order valence-corrected chi connectivity index (χ4v) is 1.35. The summed E-state index contributed by atoms with van der Waals surface area (Å²) in [5.41, 5.74) is 9.89. The largest absolute Gasteiger partial charge is 0.398 e. The minimum absolute atomic E-state index is 0.788. The van der Waals surface area contributed by atoms with Crippen LogP contribution < -0.4 is 17.0 Å². The van der Waals surface area contributed by atoms with Gasteiger partial charge < -0.3 is 11.2 Å². The molecule has 1 rings (SSSR count). The van der Waals surface area contributed by atoms with E-state index in [0.29, 0.717) is 0 Å². The van der Waals surface area contributed by atoms with Crippen LogP contribution in [0.5, 0.6) is 0 Å². The average molecular weight is 169 g/mol. The summed E-state index contributed by atoms with van der Waals surface area (Å²) in [5, 5.41) is 0. The molecule has 11 heavy (non-hydrogen) atoms. The molecule has 0 saturated carbocycles. The second-order valence-electron chi connectivity index (χ2n) is 2.10. The number of nitrogen functional groups attached to an aromatic ring is 2. The molecule has 5 N–H and O–H groups in total. The van der Waals surface area contributed by atoms with E-state index in [1.54, 1.807) is 11.8 Å². The van der Waals surface area contributed by atoms with E-state index in [1.165, 1.54) is 0 Å². The number of anilines is 2. The van der Waals surface area contributed by atoms with Crippen LogP contribution in [0.2, 0.25) is 0 Å². The quantitative estimate of drug-likeness (QED) is 0.270. The first kappa shape index (κ1) is 8.23. The van der Waals surface area contributed by atoms with E-state index >= 15 is 0 Å². The number of hydrogen-bond donors (Lipinski definition) is 3. The van der Waals surface area contributed by atoms with Gasteiger partial charge in [-0.1, -0.05) is 0 Å². The lowest BCUT2D eigenvalue weighted by atomic mass is 10.3. The molecule has 3 nitrogen and oxygen atoms in total. The molecule has 0 unspecified atom stereocenters. The van der Waals surface area contributed by atoms with Crippen LogP contribution in [0.1, 0.15) is 0 Å². The van der Waals surface area contributed by atoms with Crippen LogP contribution in [0.4, 0.5) is 11.4 Å². The van der Waals surface area contributed by atoms with Crippen LogP contribution in [-0.2, 0) is 0 Å². The van der Waals surface area contributed by atoms with Crippen molar-refractivity contribution >= 4 is 23.1 Å². The van der Waals surface area contributed by atoms with E-state index in [1.807, 2.05) is 24.5 Å². The standard InChI is InChI=1S/C7H11N3S/c1-11-7-4-5(10-9)2-3-6(7)8/h2-4,10H,8-9H2,1H3. The zero-order valence-electron chi connectivity index (χ0n) is 6.29. The third-order valence-electron chi connectivity index (χ3n) is 1.40. The molecule has 0 bridgehead atoms. The predicted octanol–water partition coefficient (Wildman–Crippen LogP) is 1.28. The molecule has 0 radical (unpaired) electrons. The summed E-state index contributed by atoms with van der Waals surface area (Å²) in [7, 11) is 0. The molecule has 0 heterocycles. The zero-order chi connectivity index (χ0) is 8.27. The topological polar surface area (TPSA) is 64.1 Å². The van der Waals surface area contributed by atoms with E-state index in [2.05, 4.69) is 5.43 Å². The summed E-state index contributed by atoms with van der Waals surface area (Å²) in [6, 6.07) is 5.59. The highest BCUT2D eigenvalue weighted by Gasteiger charge is 1.97. The van der Waals surface area contributed by atoms with Crippen molar-refractivity contribution in [2.24, 2.45) is 5.84 Å². The highest BCUT2D eigenvalue weighted by molar-refractivity contribution is 7.98. The Bertz CT molecular complexity index is 249. The van der Waals surface area contributed by atoms with Crippen LogP contribution in [0.3, 0.4) is 0 Å². The predicted molar refractivity (Wildman–Crippen MR) is 50.4 cm³/mol. The molecular formula is C7H11N3S. The summed E-state index contributed by atoms with van der Waals surface area (Å²) in [6.07, 6.45) is 1.98. The van der Waals surface area contributed by atoms with Crippen LogP contribution >= 0.6 is 11.8 Å². The SMILES string of the molecule is CSc1cc(NN)ccc1N. The molecule has 0 amide bonds. The summed E-state index contributed by atoms with van der Waals surface area (Å²) >= 11 is 1.60. The van der Waals surface area contributed by atoms with E-state index in [0.717, 1.165) is 16.3 Å². The van der Waals surface area contributed by atoms with Crippen molar-refractivity contribution in [2.75, 3.05) is 17.4 Å². The monoisotopic (exact) mass is 169 g/mol. The molecule has 0 atom stereocenters. The third kappa shape index (κ3) is 1.78. The number of hydrazine groups is 1. The third-order valence-corrected chi connectivity index (χ3v) is 2.19. The highest BCUT2D eigenvalue weighted by atomic mass is 32.2. The van der Waals surface area contributed by atoms with E-state index in [4.69, 9.17) is 11.6 Å². The highest BCUT2D eigenvalue weighted by Crippen LogP contribution is 2.25. The maximum absolute atomic E-state index is 5.67. The van der Waals surface area contributed by atoms with Gasteiger partial charge in [0.25, 0.3) is 0 Å². The molecule has 0 saturated heterocycles. The van der Waals surface area contributed by atoms with Crippen molar-refractivity contribution in [1.82, 2.24) is 0 Å². The Hall–Kier alpha value is -0.870. The molecule has 0 aliphatic heterocycles. The molecule has 1 aromatic carbocycles. The molecule has 1 aromatic rings. The maximum atomic E-state index is 5.67. The van der Waals surface area contributed by atoms with Crippen LogP contribution in [-0.4, -0.2) is 6.26 Å². The van der Waals surface area contributed by atoms with Crippen molar-refractivity contribution in [3.05, 3.63) is 18.2 Å². The Balaban J connectivity index is 3.02. The molecule has 0 spiro atoms. The van der Waals surface area contributed by atoms with Gasteiger partial charge in [-0.15, -0.1) is 11.8 Å². The Kier molecular flexibility index (Phi) is 2.62. The Morgan fingerprint density at radius 3 is 2.73 bits per heavy atom. The fraction of sp³-hybridized carbons (Fsp3) is 0.143. The van der Waals surface area contributed by atoms with Crippen LogP contribution in [0.15, 0.2) is 23.1 Å². The minimum atomic E-state index is 0.788. The minimum Gasteiger partial charge on any atom is -0.398 e. The molecule has 0 aliphatic carbocycles. The maximum Gasteiger partial charge on any atom is 0.0497 e. The number of hydrogen-bond acceptors (Lipinski definition) is 4. The first-order chi connectivity index (χ1) is 5.27. The lowest BCUT2D eigenvalue weighted by molar-refractivity contribution is 1.32. The van der Waals surface area contributed by atoms with Gasteiger partial charge in [-0.2, -0.15) is 0 Å². The molecular weight excluding hydrogens is 158 g/mol. The molecule has 4 heteroatoms. The Morgan fingerprint density at radius 2 is 2.18 bits per heavy atom. The first-order valence-electron chi connectivity index (χ1n) is 3.18.